The van der Waals surface area contributed by atoms with Gasteiger partial charge in [0, 0.05) is 28.7 Å². The molecule has 0 spiro atoms. The molecule has 4 nitrogen and oxygen atoms in total. The smallest absolute Gasteiger partial charge is 0.248 e. The first-order chi connectivity index (χ1) is 7.58. The third kappa shape index (κ3) is 1.92. The molecule has 1 atom stereocenters. The molecule has 4 heteroatoms. The van der Waals surface area contributed by atoms with Gasteiger partial charge in [0.1, 0.15) is 0 Å². The van der Waals surface area contributed by atoms with Gasteiger partial charge in [-0.15, -0.1) is 0 Å². The van der Waals surface area contributed by atoms with Crippen molar-refractivity contribution in [2.75, 3.05) is 0 Å². The lowest BCUT2D eigenvalue weighted by Crippen LogP contribution is -2.17. The number of rotatable bonds is 3. The summed E-state index contributed by atoms with van der Waals surface area (Å²) in [6.45, 7) is 1.96. The number of nitrogens with two attached hydrogens (primary N) is 2. The topological polar surface area (TPSA) is 84.9 Å². The van der Waals surface area contributed by atoms with E-state index in [-0.39, 0.29) is 6.04 Å². The molecular weight excluding hydrogens is 202 g/mol. The summed E-state index contributed by atoms with van der Waals surface area (Å²) in [7, 11) is 0. The Morgan fingerprint density at radius 3 is 2.88 bits per heavy atom. The van der Waals surface area contributed by atoms with Gasteiger partial charge in [0.25, 0.3) is 0 Å². The van der Waals surface area contributed by atoms with Gasteiger partial charge in [0.05, 0.1) is 0 Å². The minimum absolute atomic E-state index is 0.0937. The van der Waals surface area contributed by atoms with Crippen LogP contribution in [0.15, 0.2) is 24.4 Å². The standard InChI is InChI=1S/C12H15N3O/c1-7(13)4-9-6-15-11-3-2-8(12(14)16)5-10(9)11/h2-3,5-7,15H,4,13H2,1H3,(H2,14,16). The van der Waals surface area contributed by atoms with Crippen LogP contribution in [0.4, 0.5) is 0 Å². The van der Waals surface area contributed by atoms with Crippen LogP contribution in [0.3, 0.4) is 0 Å². The Bertz CT molecular complexity index is 528. The van der Waals surface area contributed by atoms with Gasteiger partial charge in [-0.1, -0.05) is 0 Å². The molecule has 1 amide bonds. The van der Waals surface area contributed by atoms with E-state index >= 15 is 0 Å². The van der Waals surface area contributed by atoms with Crippen molar-refractivity contribution < 1.29 is 4.79 Å². The summed E-state index contributed by atoms with van der Waals surface area (Å²) >= 11 is 0. The fourth-order valence-electron chi connectivity index (χ4n) is 1.85. The van der Waals surface area contributed by atoms with Crippen LogP contribution >= 0.6 is 0 Å². The molecule has 0 aliphatic carbocycles. The number of benzene rings is 1. The van der Waals surface area contributed by atoms with E-state index in [1.165, 1.54) is 0 Å². The number of aromatic nitrogens is 1. The highest BCUT2D eigenvalue weighted by atomic mass is 16.1. The van der Waals surface area contributed by atoms with E-state index in [9.17, 15) is 4.79 Å². The number of carbonyl (C=O) groups excluding carboxylic acids is 1. The van der Waals surface area contributed by atoms with Crippen LogP contribution < -0.4 is 11.5 Å². The molecule has 0 radical (unpaired) electrons. The second kappa shape index (κ2) is 3.98. The Morgan fingerprint density at radius 1 is 1.50 bits per heavy atom. The minimum Gasteiger partial charge on any atom is -0.366 e. The molecular formula is C12H15N3O. The van der Waals surface area contributed by atoms with Crippen LogP contribution in [-0.4, -0.2) is 16.9 Å². The normalized spacial score (nSPS) is 12.9. The monoisotopic (exact) mass is 217 g/mol. The molecule has 1 heterocycles. The Labute approximate surface area is 93.6 Å². The number of primary amides is 1. The number of hydrogen-bond donors (Lipinski definition) is 3. The fraction of sp³-hybridized carbons (Fsp3) is 0.250. The van der Waals surface area contributed by atoms with Crippen LogP contribution in [0.1, 0.15) is 22.8 Å². The summed E-state index contributed by atoms with van der Waals surface area (Å²) in [6, 6.07) is 5.49. The first-order valence-corrected chi connectivity index (χ1v) is 5.23. The van der Waals surface area contributed by atoms with Gasteiger partial charge in [-0.05, 0) is 37.1 Å². The lowest BCUT2D eigenvalue weighted by Gasteiger charge is -2.03. The van der Waals surface area contributed by atoms with Crippen molar-refractivity contribution in [1.82, 2.24) is 4.98 Å². The molecule has 0 saturated heterocycles. The second-order valence-corrected chi connectivity index (χ2v) is 4.12. The molecule has 2 aromatic rings. The van der Waals surface area contributed by atoms with Crippen molar-refractivity contribution in [3.05, 3.63) is 35.5 Å². The molecule has 0 aliphatic rings. The molecule has 5 N–H and O–H groups in total. The Morgan fingerprint density at radius 2 is 2.25 bits per heavy atom. The third-order valence-electron chi connectivity index (χ3n) is 2.59. The first-order valence-electron chi connectivity index (χ1n) is 5.23. The zero-order chi connectivity index (χ0) is 11.7. The van der Waals surface area contributed by atoms with Crippen LogP contribution in [-0.2, 0) is 6.42 Å². The summed E-state index contributed by atoms with van der Waals surface area (Å²) in [5.41, 5.74) is 13.7. The quantitative estimate of drug-likeness (QED) is 0.720. The maximum atomic E-state index is 11.1. The molecule has 1 aromatic carbocycles. The molecule has 2 rings (SSSR count). The molecule has 0 saturated carbocycles. The maximum absolute atomic E-state index is 11.1. The maximum Gasteiger partial charge on any atom is 0.248 e. The number of carbonyl (C=O) groups is 1. The van der Waals surface area contributed by atoms with Gasteiger partial charge in [-0.2, -0.15) is 0 Å². The Kier molecular flexibility index (Phi) is 2.66. The van der Waals surface area contributed by atoms with E-state index in [2.05, 4.69) is 4.98 Å². The molecule has 0 fully saturated rings. The summed E-state index contributed by atoms with van der Waals surface area (Å²) in [5.74, 6) is -0.408. The predicted molar refractivity (Wildman–Crippen MR) is 64.2 cm³/mol. The van der Waals surface area contributed by atoms with Crippen LogP contribution in [0.2, 0.25) is 0 Å². The minimum atomic E-state index is -0.408. The van der Waals surface area contributed by atoms with Crippen molar-refractivity contribution in [2.24, 2.45) is 11.5 Å². The highest BCUT2D eigenvalue weighted by molar-refractivity contribution is 5.97. The van der Waals surface area contributed by atoms with Gasteiger partial charge in [-0.3, -0.25) is 4.79 Å². The van der Waals surface area contributed by atoms with E-state index in [0.29, 0.717) is 5.56 Å². The summed E-state index contributed by atoms with van der Waals surface area (Å²) in [5, 5.41) is 1.02. The number of fused-ring (bicyclic) bond motifs is 1. The molecule has 1 unspecified atom stereocenters. The van der Waals surface area contributed by atoms with Crippen molar-refractivity contribution in [3.8, 4) is 0 Å². The van der Waals surface area contributed by atoms with Crippen LogP contribution in [0.5, 0.6) is 0 Å². The number of H-pyrrole nitrogens is 1. The van der Waals surface area contributed by atoms with Gasteiger partial charge in [-0.25, -0.2) is 0 Å². The molecule has 0 aliphatic heterocycles. The van der Waals surface area contributed by atoms with Gasteiger partial charge in [0.2, 0.25) is 5.91 Å². The summed E-state index contributed by atoms with van der Waals surface area (Å²) < 4.78 is 0. The van der Waals surface area contributed by atoms with E-state index in [1.807, 2.05) is 25.3 Å². The summed E-state index contributed by atoms with van der Waals surface area (Å²) in [4.78, 5) is 14.2. The second-order valence-electron chi connectivity index (χ2n) is 4.12. The molecule has 16 heavy (non-hydrogen) atoms. The number of nitrogens with one attached hydrogen (secondary N) is 1. The van der Waals surface area contributed by atoms with Crippen molar-refractivity contribution in [3.63, 3.8) is 0 Å². The fourth-order valence-corrected chi connectivity index (χ4v) is 1.85. The van der Waals surface area contributed by atoms with E-state index in [1.54, 1.807) is 6.07 Å². The zero-order valence-electron chi connectivity index (χ0n) is 9.16. The predicted octanol–water partition coefficient (Wildman–Crippen LogP) is 1.16. The largest absolute Gasteiger partial charge is 0.366 e. The van der Waals surface area contributed by atoms with Crippen LogP contribution in [0, 0.1) is 0 Å². The number of amides is 1. The average Bonchev–Trinajstić information content (AvgIpc) is 2.60. The van der Waals surface area contributed by atoms with Gasteiger partial charge < -0.3 is 16.5 Å². The van der Waals surface area contributed by atoms with Gasteiger partial charge >= 0.3 is 0 Å². The first kappa shape index (κ1) is 10.7. The van der Waals surface area contributed by atoms with Gasteiger partial charge in [0.15, 0.2) is 0 Å². The van der Waals surface area contributed by atoms with Crippen molar-refractivity contribution in [1.29, 1.82) is 0 Å². The number of aromatic amines is 1. The average molecular weight is 217 g/mol. The Balaban J connectivity index is 2.51. The molecule has 1 aromatic heterocycles. The van der Waals surface area contributed by atoms with E-state index < -0.39 is 5.91 Å². The lowest BCUT2D eigenvalue weighted by atomic mass is 10.0. The molecule has 0 bridgehead atoms. The van der Waals surface area contributed by atoms with E-state index in [4.69, 9.17) is 11.5 Å². The Hall–Kier alpha value is -1.81. The summed E-state index contributed by atoms with van der Waals surface area (Å²) in [6.07, 6.45) is 2.71. The number of hydrogen-bond acceptors (Lipinski definition) is 2. The SMILES string of the molecule is CC(N)Cc1c[nH]c2ccc(C(N)=O)cc12. The highest BCUT2D eigenvalue weighted by Crippen LogP contribution is 2.20. The third-order valence-corrected chi connectivity index (χ3v) is 2.59. The molecule has 84 valence electrons. The van der Waals surface area contributed by atoms with E-state index in [0.717, 1.165) is 22.9 Å². The highest BCUT2D eigenvalue weighted by Gasteiger charge is 2.08. The zero-order valence-corrected chi connectivity index (χ0v) is 9.16. The van der Waals surface area contributed by atoms with Crippen molar-refractivity contribution >= 4 is 16.8 Å². The van der Waals surface area contributed by atoms with Crippen molar-refractivity contribution in [2.45, 2.75) is 19.4 Å². The van der Waals surface area contributed by atoms with Crippen LogP contribution in [0.25, 0.3) is 10.9 Å². The lowest BCUT2D eigenvalue weighted by molar-refractivity contribution is 0.100.